The smallest absolute Gasteiger partial charge is 0.257 e. The summed E-state index contributed by atoms with van der Waals surface area (Å²) in [5.41, 5.74) is 5.51. The van der Waals surface area contributed by atoms with Crippen LogP contribution in [0.5, 0.6) is 0 Å². The van der Waals surface area contributed by atoms with Crippen molar-refractivity contribution >= 4 is 23.2 Å². The van der Waals surface area contributed by atoms with E-state index < -0.39 is 0 Å². The van der Waals surface area contributed by atoms with Gasteiger partial charge >= 0.3 is 0 Å². The number of benzene rings is 3. The third kappa shape index (κ3) is 5.50. The molecule has 0 N–H and O–H groups in total. The maximum atomic E-state index is 13.6. The van der Waals surface area contributed by atoms with Crippen LogP contribution in [0.4, 0.5) is 0 Å². The Morgan fingerprint density at radius 1 is 0.943 bits per heavy atom. The highest BCUT2D eigenvalue weighted by Crippen LogP contribution is 2.36. The highest BCUT2D eigenvalue weighted by molar-refractivity contribution is 6.34. The first-order valence-electron chi connectivity index (χ1n) is 12.5. The van der Waals surface area contributed by atoms with E-state index in [2.05, 4.69) is 54.3 Å². The molecule has 2 aliphatic rings. The number of rotatable bonds is 6. The largest absolute Gasteiger partial charge is 0.294 e. The lowest BCUT2D eigenvalue weighted by Gasteiger charge is -2.33. The zero-order valence-electron chi connectivity index (χ0n) is 20.2. The van der Waals surface area contributed by atoms with Gasteiger partial charge in [0, 0.05) is 17.0 Å². The molecule has 1 atom stereocenters. The molecule has 0 spiro atoms. The van der Waals surface area contributed by atoms with Crippen molar-refractivity contribution in [2.75, 3.05) is 19.6 Å². The Hall–Kier alpha value is -2.95. The van der Waals surface area contributed by atoms with Crippen LogP contribution in [0.3, 0.4) is 0 Å². The molecule has 1 saturated heterocycles. The van der Waals surface area contributed by atoms with Gasteiger partial charge in [-0.25, -0.2) is 5.01 Å². The van der Waals surface area contributed by atoms with Crippen LogP contribution in [0.1, 0.15) is 47.6 Å². The van der Waals surface area contributed by atoms with E-state index in [-0.39, 0.29) is 11.9 Å². The molecule has 0 aliphatic carbocycles. The summed E-state index contributed by atoms with van der Waals surface area (Å²) >= 11 is 6.49. The van der Waals surface area contributed by atoms with Gasteiger partial charge in [-0.2, -0.15) is 5.10 Å². The second-order valence-electron chi connectivity index (χ2n) is 9.75. The first-order chi connectivity index (χ1) is 17.1. The number of halogens is 1. The topological polar surface area (TPSA) is 35.9 Å². The molecule has 0 saturated carbocycles. The predicted molar refractivity (Wildman–Crippen MR) is 143 cm³/mol. The monoisotopic (exact) mass is 485 g/mol. The summed E-state index contributed by atoms with van der Waals surface area (Å²) in [6.07, 6.45) is 4.03. The van der Waals surface area contributed by atoms with Crippen molar-refractivity contribution in [1.29, 1.82) is 0 Å². The molecule has 3 aromatic carbocycles. The Kier molecular flexibility index (Phi) is 7.31. The second kappa shape index (κ2) is 10.8. The number of likely N-dealkylation sites (tertiary alicyclic amines) is 1. The summed E-state index contributed by atoms with van der Waals surface area (Å²) in [6, 6.07) is 26.7. The van der Waals surface area contributed by atoms with Crippen LogP contribution < -0.4 is 0 Å². The summed E-state index contributed by atoms with van der Waals surface area (Å²) in [5.74, 6) is 0.738. The number of hydrogen-bond donors (Lipinski definition) is 0. The molecular weight excluding hydrogens is 454 g/mol. The lowest BCUT2D eigenvalue weighted by atomic mass is 9.90. The second-order valence-corrected chi connectivity index (χ2v) is 10.2. The van der Waals surface area contributed by atoms with E-state index in [0.717, 1.165) is 49.2 Å². The van der Waals surface area contributed by atoms with E-state index in [1.807, 2.05) is 36.4 Å². The molecule has 0 bridgehead atoms. The molecule has 2 aliphatic heterocycles. The average Bonchev–Trinajstić information content (AvgIpc) is 3.32. The van der Waals surface area contributed by atoms with E-state index in [0.29, 0.717) is 23.9 Å². The molecular formula is C30H32ClN3O. The fraction of sp³-hybridized carbons (Fsp3) is 0.333. The van der Waals surface area contributed by atoms with E-state index in [1.54, 1.807) is 5.01 Å². The van der Waals surface area contributed by atoms with Crippen molar-refractivity contribution in [2.45, 2.75) is 38.6 Å². The van der Waals surface area contributed by atoms with Crippen molar-refractivity contribution in [2.24, 2.45) is 11.0 Å². The molecule has 5 heteroatoms. The quantitative estimate of drug-likeness (QED) is 0.412. The van der Waals surface area contributed by atoms with Crippen molar-refractivity contribution in [3.05, 3.63) is 106 Å². The van der Waals surface area contributed by atoms with Gasteiger partial charge in [0.25, 0.3) is 5.91 Å². The lowest BCUT2D eigenvalue weighted by molar-refractivity contribution is -0.134. The number of hydrogen-bond acceptors (Lipinski definition) is 3. The van der Waals surface area contributed by atoms with Crippen LogP contribution in [0, 0.1) is 12.8 Å². The van der Waals surface area contributed by atoms with Gasteiger partial charge in [-0.05, 0) is 68.0 Å². The SMILES string of the molecule is Cc1ccccc1[C@H]1CC(c2ccccc2Cl)=NN1C(=O)CN1CCC(Cc2ccccc2)CC1. The summed E-state index contributed by atoms with van der Waals surface area (Å²) in [6.45, 7) is 4.41. The maximum absolute atomic E-state index is 13.6. The van der Waals surface area contributed by atoms with E-state index in [1.165, 1.54) is 11.1 Å². The predicted octanol–water partition coefficient (Wildman–Crippen LogP) is 6.28. The van der Waals surface area contributed by atoms with Crippen LogP contribution in [0.15, 0.2) is 84.0 Å². The third-order valence-corrected chi connectivity index (χ3v) is 7.66. The van der Waals surface area contributed by atoms with Crippen LogP contribution in [-0.2, 0) is 11.2 Å². The minimum atomic E-state index is -0.106. The zero-order valence-corrected chi connectivity index (χ0v) is 21.0. The van der Waals surface area contributed by atoms with Gasteiger partial charge in [-0.1, -0.05) is 84.4 Å². The summed E-state index contributed by atoms with van der Waals surface area (Å²) in [4.78, 5) is 15.9. The standard InChI is InChI=1S/C30H32ClN3O/c1-22-9-5-6-12-25(22)29-20-28(26-13-7-8-14-27(26)31)32-34(29)30(35)21-33-17-15-24(16-18-33)19-23-10-3-2-4-11-23/h2-14,24,29H,15-21H2,1H3/t29-/m1/s1. The first kappa shape index (κ1) is 23.8. The molecule has 1 fully saturated rings. The van der Waals surface area contributed by atoms with Gasteiger partial charge in [-0.15, -0.1) is 0 Å². The van der Waals surface area contributed by atoms with Gasteiger partial charge in [-0.3, -0.25) is 9.69 Å². The fourth-order valence-electron chi connectivity index (χ4n) is 5.36. The van der Waals surface area contributed by atoms with Gasteiger partial charge in [0.15, 0.2) is 0 Å². The number of amides is 1. The molecule has 2 heterocycles. The molecule has 0 aromatic heterocycles. The molecule has 5 rings (SSSR count). The lowest BCUT2D eigenvalue weighted by Crippen LogP contribution is -2.42. The van der Waals surface area contributed by atoms with Crippen molar-refractivity contribution in [3.63, 3.8) is 0 Å². The number of nitrogens with zero attached hydrogens (tertiary/aromatic N) is 3. The highest BCUT2D eigenvalue weighted by Gasteiger charge is 2.35. The molecule has 0 radical (unpaired) electrons. The molecule has 3 aromatic rings. The summed E-state index contributed by atoms with van der Waals surface area (Å²) in [7, 11) is 0. The van der Waals surface area contributed by atoms with E-state index >= 15 is 0 Å². The Morgan fingerprint density at radius 2 is 1.63 bits per heavy atom. The normalized spacial score (nSPS) is 19.1. The number of carbonyl (C=O) groups excluding carboxylic acids is 1. The maximum Gasteiger partial charge on any atom is 0.257 e. The summed E-state index contributed by atoms with van der Waals surface area (Å²) in [5, 5.41) is 7.23. The molecule has 180 valence electrons. The summed E-state index contributed by atoms with van der Waals surface area (Å²) < 4.78 is 0. The van der Waals surface area contributed by atoms with Crippen LogP contribution in [-0.4, -0.2) is 41.2 Å². The van der Waals surface area contributed by atoms with Gasteiger partial charge in [0.2, 0.25) is 0 Å². The third-order valence-electron chi connectivity index (χ3n) is 7.33. The molecule has 0 unspecified atom stereocenters. The van der Waals surface area contributed by atoms with Crippen molar-refractivity contribution in [1.82, 2.24) is 9.91 Å². The van der Waals surface area contributed by atoms with E-state index in [9.17, 15) is 4.79 Å². The van der Waals surface area contributed by atoms with Gasteiger partial charge in [0.1, 0.15) is 0 Å². The fourth-order valence-corrected chi connectivity index (χ4v) is 5.61. The number of carbonyl (C=O) groups is 1. The molecule has 1 amide bonds. The van der Waals surface area contributed by atoms with Crippen molar-refractivity contribution < 1.29 is 4.79 Å². The average molecular weight is 486 g/mol. The van der Waals surface area contributed by atoms with Crippen molar-refractivity contribution in [3.8, 4) is 0 Å². The van der Waals surface area contributed by atoms with E-state index in [4.69, 9.17) is 16.7 Å². The molecule has 35 heavy (non-hydrogen) atoms. The number of piperidine rings is 1. The van der Waals surface area contributed by atoms with Crippen LogP contribution in [0.25, 0.3) is 0 Å². The molecule has 4 nitrogen and oxygen atoms in total. The van der Waals surface area contributed by atoms with Gasteiger partial charge < -0.3 is 0 Å². The minimum absolute atomic E-state index is 0.0572. The Balaban J connectivity index is 1.29. The van der Waals surface area contributed by atoms with Gasteiger partial charge in [0.05, 0.1) is 18.3 Å². The van der Waals surface area contributed by atoms with Crippen LogP contribution in [0.2, 0.25) is 5.02 Å². The van der Waals surface area contributed by atoms with Crippen LogP contribution >= 0.6 is 11.6 Å². The highest BCUT2D eigenvalue weighted by atomic mass is 35.5. The Labute approximate surface area is 213 Å². The zero-order chi connectivity index (χ0) is 24.2. The Morgan fingerprint density at radius 3 is 2.37 bits per heavy atom. The number of hydrazone groups is 1. The number of aryl methyl sites for hydroxylation is 1. The first-order valence-corrected chi connectivity index (χ1v) is 12.9. The Bertz CT molecular complexity index is 1200. The minimum Gasteiger partial charge on any atom is -0.294 e.